The number of amides is 4. The lowest BCUT2D eigenvalue weighted by molar-refractivity contribution is -0.123. The second-order valence-corrected chi connectivity index (χ2v) is 5.86. The highest BCUT2D eigenvalue weighted by Crippen LogP contribution is 2.21. The molecule has 2 aromatic rings. The van der Waals surface area contributed by atoms with Crippen molar-refractivity contribution in [2.45, 2.75) is 26.3 Å². The van der Waals surface area contributed by atoms with E-state index in [1.54, 1.807) is 0 Å². The van der Waals surface area contributed by atoms with Crippen LogP contribution in [-0.4, -0.2) is 40.4 Å². The van der Waals surface area contributed by atoms with Gasteiger partial charge in [-0.3, -0.25) is 14.9 Å². The standard InChI is InChI=1S/C17H20N4O3/c1-2-7-20-8-5-12-10-13(3-4-14(12)20)18-16(23)11-21-9-6-15(22)19-17(21)24/h3-5,8,10H,2,6-7,9,11H2,1H3,(H,18,23)(H,19,22,24). The summed E-state index contributed by atoms with van der Waals surface area (Å²) in [4.78, 5) is 36.2. The van der Waals surface area contributed by atoms with Gasteiger partial charge in [0.1, 0.15) is 6.54 Å². The van der Waals surface area contributed by atoms with E-state index in [4.69, 9.17) is 0 Å². The Kier molecular flexibility index (Phi) is 4.50. The highest BCUT2D eigenvalue weighted by atomic mass is 16.2. The van der Waals surface area contributed by atoms with Crippen molar-refractivity contribution in [3.05, 3.63) is 30.5 Å². The maximum Gasteiger partial charge on any atom is 0.324 e. The number of fused-ring (bicyclic) bond motifs is 1. The van der Waals surface area contributed by atoms with Gasteiger partial charge in [0.25, 0.3) is 0 Å². The third kappa shape index (κ3) is 3.40. The minimum Gasteiger partial charge on any atom is -0.347 e. The number of urea groups is 1. The first-order valence-electron chi connectivity index (χ1n) is 8.04. The molecule has 1 saturated heterocycles. The van der Waals surface area contributed by atoms with Crippen LogP contribution in [0.4, 0.5) is 10.5 Å². The number of hydrogen-bond donors (Lipinski definition) is 2. The number of imide groups is 1. The van der Waals surface area contributed by atoms with Gasteiger partial charge >= 0.3 is 6.03 Å². The summed E-state index contributed by atoms with van der Waals surface area (Å²) in [7, 11) is 0. The first-order chi connectivity index (χ1) is 11.6. The molecule has 0 unspecified atom stereocenters. The summed E-state index contributed by atoms with van der Waals surface area (Å²) in [6.07, 6.45) is 3.31. The van der Waals surface area contributed by atoms with Crippen LogP contribution in [0.5, 0.6) is 0 Å². The molecule has 126 valence electrons. The minimum atomic E-state index is -0.520. The molecule has 1 aliphatic rings. The monoisotopic (exact) mass is 328 g/mol. The van der Waals surface area contributed by atoms with E-state index in [-0.39, 0.29) is 31.3 Å². The molecule has 1 aliphatic heterocycles. The second kappa shape index (κ2) is 6.74. The Bertz CT molecular complexity index is 796. The van der Waals surface area contributed by atoms with Crippen LogP contribution in [0.3, 0.4) is 0 Å². The number of rotatable bonds is 5. The summed E-state index contributed by atoms with van der Waals surface area (Å²) in [5, 5.41) is 6.06. The molecule has 4 amide bonds. The van der Waals surface area contributed by atoms with Crippen molar-refractivity contribution >= 4 is 34.4 Å². The van der Waals surface area contributed by atoms with Crippen molar-refractivity contribution in [2.24, 2.45) is 0 Å². The van der Waals surface area contributed by atoms with Crippen LogP contribution >= 0.6 is 0 Å². The smallest absolute Gasteiger partial charge is 0.324 e. The summed E-state index contributed by atoms with van der Waals surface area (Å²) >= 11 is 0. The van der Waals surface area contributed by atoms with Gasteiger partial charge in [0, 0.05) is 42.3 Å². The highest BCUT2D eigenvalue weighted by Gasteiger charge is 2.24. The number of aryl methyl sites for hydroxylation is 1. The van der Waals surface area contributed by atoms with E-state index < -0.39 is 6.03 Å². The van der Waals surface area contributed by atoms with Gasteiger partial charge in [0.15, 0.2) is 0 Å². The Morgan fingerprint density at radius 1 is 1.29 bits per heavy atom. The van der Waals surface area contributed by atoms with Crippen molar-refractivity contribution in [2.75, 3.05) is 18.4 Å². The molecule has 1 aromatic heterocycles. The van der Waals surface area contributed by atoms with Crippen LogP contribution in [0.1, 0.15) is 19.8 Å². The number of carbonyl (C=O) groups is 3. The largest absolute Gasteiger partial charge is 0.347 e. The number of benzene rings is 1. The molecule has 0 spiro atoms. The van der Waals surface area contributed by atoms with Crippen LogP contribution in [0, 0.1) is 0 Å². The zero-order valence-corrected chi connectivity index (χ0v) is 13.5. The van der Waals surface area contributed by atoms with E-state index in [1.807, 2.05) is 30.5 Å². The first-order valence-corrected chi connectivity index (χ1v) is 8.04. The van der Waals surface area contributed by atoms with Crippen molar-refractivity contribution in [1.82, 2.24) is 14.8 Å². The number of carbonyl (C=O) groups excluding carboxylic acids is 3. The van der Waals surface area contributed by atoms with Crippen molar-refractivity contribution < 1.29 is 14.4 Å². The zero-order valence-electron chi connectivity index (χ0n) is 13.5. The van der Waals surface area contributed by atoms with Crippen molar-refractivity contribution in [1.29, 1.82) is 0 Å². The van der Waals surface area contributed by atoms with E-state index in [2.05, 4.69) is 22.1 Å². The third-order valence-electron chi connectivity index (χ3n) is 4.00. The average Bonchev–Trinajstić information content (AvgIpc) is 2.93. The van der Waals surface area contributed by atoms with E-state index >= 15 is 0 Å². The average molecular weight is 328 g/mol. The van der Waals surface area contributed by atoms with Crippen LogP contribution in [0.2, 0.25) is 0 Å². The molecule has 2 N–H and O–H groups in total. The van der Waals surface area contributed by atoms with Crippen LogP contribution in [-0.2, 0) is 16.1 Å². The van der Waals surface area contributed by atoms with Gasteiger partial charge in [-0.2, -0.15) is 0 Å². The SMILES string of the molecule is CCCn1ccc2cc(NC(=O)CN3CCC(=O)NC3=O)ccc21. The molecule has 3 rings (SSSR count). The predicted molar refractivity (Wildman–Crippen MR) is 90.6 cm³/mol. The van der Waals surface area contributed by atoms with Gasteiger partial charge in [-0.25, -0.2) is 4.79 Å². The molecule has 7 heteroatoms. The van der Waals surface area contributed by atoms with E-state index in [9.17, 15) is 14.4 Å². The normalized spacial score (nSPS) is 14.8. The number of nitrogens with one attached hydrogen (secondary N) is 2. The Morgan fingerprint density at radius 3 is 2.88 bits per heavy atom. The maximum atomic E-state index is 12.1. The van der Waals surface area contributed by atoms with E-state index in [1.165, 1.54) is 4.90 Å². The van der Waals surface area contributed by atoms with Gasteiger partial charge in [-0.05, 0) is 30.7 Å². The zero-order chi connectivity index (χ0) is 17.1. The Labute approximate surface area is 139 Å². The Morgan fingerprint density at radius 2 is 2.12 bits per heavy atom. The molecule has 24 heavy (non-hydrogen) atoms. The molecule has 7 nitrogen and oxygen atoms in total. The summed E-state index contributed by atoms with van der Waals surface area (Å²) in [6, 6.07) is 7.25. The van der Waals surface area contributed by atoms with Crippen LogP contribution < -0.4 is 10.6 Å². The number of aromatic nitrogens is 1. The number of anilines is 1. The Balaban J connectivity index is 1.65. The fourth-order valence-electron chi connectivity index (χ4n) is 2.84. The molecule has 2 heterocycles. The summed E-state index contributed by atoms with van der Waals surface area (Å²) in [5.74, 6) is -0.592. The van der Waals surface area contributed by atoms with Gasteiger partial charge < -0.3 is 14.8 Å². The molecule has 1 fully saturated rings. The Hall–Kier alpha value is -2.83. The minimum absolute atomic E-state index is 0.0754. The van der Waals surface area contributed by atoms with Crippen LogP contribution in [0.25, 0.3) is 10.9 Å². The predicted octanol–water partition coefficient (Wildman–Crippen LogP) is 1.93. The topological polar surface area (TPSA) is 83.4 Å². The lowest BCUT2D eigenvalue weighted by Crippen LogP contribution is -2.51. The van der Waals surface area contributed by atoms with Crippen molar-refractivity contribution in [3.8, 4) is 0 Å². The molecule has 0 saturated carbocycles. The second-order valence-electron chi connectivity index (χ2n) is 5.86. The number of nitrogens with zero attached hydrogens (tertiary/aromatic N) is 2. The highest BCUT2D eigenvalue weighted by molar-refractivity contribution is 6.00. The van der Waals surface area contributed by atoms with Gasteiger partial charge in [0.05, 0.1) is 0 Å². The lowest BCUT2D eigenvalue weighted by Gasteiger charge is -2.25. The molecule has 0 radical (unpaired) electrons. The van der Waals surface area contributed by atoms with E-state index in [0.717, 1.165) is 23.9 Å². The van der Waals surface area contributed by atoms with E-state index in [0.29, 0.717) is 5.69 Å². The van der Waals surface area contributed by atoms with Gasteiger partial charge in [-0.15, -0.1) is 0 Å². The van der Waals surface area contributed by atoms with Gasteiger partial charge in [0.2, 0.25) is 11.8 Å². The maximum absolute atomic E-state index is 12.1. The quantitative estimate of drug-likeness (QED) is 0.880. The number of hydrogen-bond acceptors (Lipinski definition) is 3. The molecule has 1 aromatic carbocycles. The fourth-order valence-corrected chi connectivity index (χ4v) is 2.84. The summed E-state index contributed by atoms with van der Waals surface area (Å²) < 4.78 is 2.18. The third-order valence-corrected chi connectivity index (χ3v) is 4.00. The molecular weight excluding hydrogens is 308 g/mol. The summed E-state index contributed by atoms with van der Waals surface area (Å²) in [5.41, 5.74) is 1.82. The fraction of sp³-hybridized carbons (Fsp3) is 0.353. The molecular formula is C17H20N4O3. The molecule has 0 aliphatic carbocycles. The lowest BCUT2D eigenvalue weighted by atomic mass is 10.2. The van der Waals surface area contributed by atoms with Gasteiger partial charge in [-0.1, -0.05) is 6.92 Å². The first kappa shape index (κ1) is 16.0. The molecule has 0 bridgehead atoms. The van der Waals surface area contributed by atoms with Crippen LogP contribution in [0.15, 0.2) is 30.5 Å². The molecule has 0 atom stereocenters. The van der Waals surface area contributed by atoms with Crippen molar-refractivity contribution in [3.63, 3.8) is 0 Å². The summed E-state index contributed by atoms with van der Waals surface area (Å²) in [6.45, 7) is 3.27.